The predicted molar refractivity (Wildman–Crippen MR) is 65.8 cm³/mol. The minimum atomic E-state index is -3.37. The lowest BCUT2D eigenvalue weighted by Gasteiger charge is -2.05. The first kappa shape index (κ1) is 14.3. The van der Waals surface area contributed by atoms with Crippen molar-refractivity contribution in [3.05, 3.63) is 29.3 Å². The standard InChI is InChI=1S/C10H11ClO4S2/c11-8-1-3-9(4-2-8)17(14,15)6-5-16-7-10(12)13/h1-4H,5-7H2,(H,12,13)/p-1. The predicted octanol–water partition coefficient (Wildman–Crippen LogP) is 0.597. The molecular formula is C10H10ClO4S2-. The normalized spacial score (nSPS) is 11.4. The Morgan fingerprint density at radius 2 is 1.88 bits per heavy atom. The van der Waals surface area contributed by atoms with Crippen LogP contribution in [0, 0.1) is 0 Å². The van der Waals surface area contributed by atoms with Crippen molar-refractivity contribution in [2.45, 2.75) is 4.90 Å². The average Bonchev–Trinajstić information content (AvgIpc) is 2.25. The van der Waals surface area contributed by atoms with E-state index in [1.807, 2.05) is 0 Å². The van der Waals surface area contributed by atoms with E-state index in [9.17, 15) is 18.3 Å². The van der Waals surface area contributed by atoms with Gasteiger partial charge in [-0.05, 0) is 24.3 Å². The first-order valence-electron chi connectivity index (χ1n) is 4.68. The average molecular weight is 294 g/mol. The van der Waals surface area contributed by atoms with E-state index in [-0.39, 0.29) is 22.2 Å². The minimum Gasteiger partial charge on any atom is -0.549 e. The summed E-state index contributed by atoms with van der Waals surface area (Å²) < 4.78 is 23.5. The molecule has 0 atom stereocenters. The van der Waals surface area contributed by atoms with Gasteiger partial charge in [0.25, 0.3) is 0 Å². The van der Waals surface area contributed by atoms with E-state index >= 15 is 0 Å². The molecule has 7 heteroatoms. The van der Waals surface area contributed by atoms with Gasteiger partial charge in [-0.1, -0.05) is 11.6 Å². The van der Waals surface area contributed by atoms with Crippen LogP contribution in [0.2, 0.25) is 5.02 Å². The molecule has 0 unspecified atom stereocenters. The van der Waals surface area contributed by atoms with Crippen molar-refractivity contribution in [3.63, 3.8) is 0 Å². The summed E-state index contributed by atoms with van der Waals surface area (Å²) in [4.78, 5) is 10.3. The summed E-state index contributed by atoms with van der Waals surface area (Å²) in [7, 11) is -3.37. The van der Waals surface area contributed by atoms with Crippen LogP contribution in [0.15, 0.2) is 29.2 Å². The third kappa shape index (κ3) is 4.97. The Hall–Kier alpha value is -0.720. The number of carbonyl (C=O) groups excluding carboxylic acids is 1. The molecular weight excluding hydrogens is 284 g/mol. The van der Waals surface area contributed by atoms with Crippen LogP contribution in [-0.2, 0) is 14.6 Å². The third-order valence-corrected chi connectivity index (χ3v) is 5.06. The number of carbonyl (C=O) groups is 1. The summed E-state index contributed by atoms with van der Waals surface area (Å²) in [5, 5.41) is 10.6. The van der Waals surface area contributed by atoms with Crippen LogP contribution < -0.4 is 5.11 Å². The Bertz CT molecular complexity index is 482. The molecule has 0 aliphatic carbocycles. The number of halogens is 1. The van der Waals surface area contributed by atoms with E-state index in [2.05, 4.69) is 0 Å². The largest absolute Gasteiger partial charge is 0.549 e. The molecule has 0 spiro atoms. The number of carboxylic acids is 1. The van der Waals surface area contributed by atoms with Crippen LogP contribution in [0.3, 0.4) is 0 Å². The molecule has 94 valence electrons. The van der Waals surface area contributed by atoms with Crippen molar-refractivity contribution in [1.82, 2.24) is 0 Å². The zero-order chi connectivity index (χ0) is 12.9. The van der Waals surface area contributed by atoms with Gasteiger partial charge in [-0.25, -0.2) is 8.42 Å². The molecule has 0 heterocycles. The Balaban J connectivity index is 2.57. The first-order valence-corrected chi connectivity index (χ1v) is 7.86. The third-order valence-electron chi connectivity index (χ3n) is 1.89. The van der Waals surface area contributed by atoms with Gasteiger partial charge in [-0.2, -0.15) is 11.8 Å². The van der Waals surface area contributed by atoms with Crippen LogP contribution in [0.5, 0.6) is 0 Å². The number of thioether (sulfide) groups is 1. The molecule has 0 radical (unpaired) electrons. The van der Waals surface area contributed by atoms with Crippen LogP contribution >= 0.6 is 23.4 Å². The fourth-order valence-electron chi connectivity index (χ4n) is 1.08. The second-order valence-corrected chi connectivity index (χ2v) is 6.85. The number of carboxylic acid groups (broad SMARTS) is 1. The molecule has 0 saturated carbocycles. The van der Waals surface area contributed by atoms with Crippen LogP contribution in [0.25, 0.3) is 0 Å². The maximum atomic E-state index is 11.8. The first-order chi connectivity index (χ1) is 7.92. The quantitative estimate of drug-likeness (QED) is 0.718. The van der Waals surface area contributed by atoms with Crippen molar-refractivity contribution < 1.29 is 18.3 Å². The fraction of sp³-hybridized carbons (Fsp3) is 0.300. The van der Waals surface area contributed by atoms with Crippen molar-refractivity contribution in [2.24, 2.45) is 0 Å². The zero-order valence-electron chi connectivity index (χ0n) is 8.76. The summed E-state index contributed by atoms with van der Waals surface area (Å²) in [6, 6.07) is 5.87. The van der Waals surface area contributed by atoms with Gasteiger partial charge >= 0.3 is 0 Å². The number of rotatable bonds is 6. The molecule has 0 amide bonds. The number of benzene rings is 1. The van der Waals surface area contributed by atoms with Crippen molar-refractivity contribution >= 4 is 39.2 Å². The summed E-state index contributed by atoms with van der Waals surface area (Å²) in [6.07, 6.45) is 0. The van der Waals surface area contributed by atoms with Gasteiger partial charge in [0.15, 0.2) is 9.84 Å². The second kappa shape index (κ2) is 6.28. The van der Waals surface area contributed by atoms with Crippen molar-refractivity contribution in [3.8, 4) is 0 Å². The number of hydrogen-bond donors (Lipinski definition) is 0. The molecule has 0 N–H and O–H groups in total. The van der Waals surface area contributed by atoms with E-state index in [1.165, 1.54) is 24.3 Å². The Labute approximate surface area is 109 Å². The SMILES string of the molecule is O=C([O-])CSCCS(=O)(=O)c1ccc(Cl)cc1. The summed E-state index contributed by atoms with van der Waals surface area (Å²) >= 11 is 6.67. The molecule has 0 fully saturated rings. The van der Waals surface area contributed by atoms with Gasteiger partial charge in [0.1, 0.15) is 0 Å². The molecule has 1 aromatic rings. The number of sulfone groups is 1. The van der Waals surface area contributed by atoms with Gasteiger partial charge in [-0.3, -0.25) is 0 Å². The lowest BCUT2D eigenvalue weighted by Crippen LogP contribution is -2.25. The molecule has 17 heavy (non-hydrogen) atoms. The zero-order valence-corrected chi connectivity index (χ0v) is 11.1. The van der Waals surface area contributed by atoms with Crippen LogP contribution in [0.4, 0.5) is 0 Å². The van der Waals surface area contributed by atoms with E-state index < -0.39 is 15.8 Å². The maximum Gasteiger partial charge on any atom is 0.179 e. The monoisotopic (exact) mass is 293 g/mol. The van der Waals surface area contributed by atoms with E-state index in [0.29, 0.717) is 5.02 Å². The Morgan fingerprint density at radius 3 is 2.41 bits per heavy atom. The van der Waals surface area contributed by atoms with E-state index in [1.54, 1.807) is 0 Å². The molecule has 0 aliphatic heterocycles. The van der Waals surface area contributed by atoms with Gasteiger partial charge in [0, 0.05) is 16.5 Å². The number of aliphatic carboxylic acids is 1. The smallest absolute Gasteiger partial charge is 0.179 e. The lowest BCUT2D eigenvalue weighted by atomic mass is 10.4. The fourth-order valence-corrected chi connectivity index (χ4v) is 3.66. The van der Waals surface area contributed by atoms with Gasteiger partial charge < -0.3 is 9.90 Å². The van der Waals surface area contributed by atoms with E-state index in [0.717, 1.165) is 11.8 Å². The molecule has 0 aromatic heterocycles. The molecule has 0 saturated heterocycles. The van der Waals surface area contributed by atoms with Gasteiger partial charge in [0.2, 0.25) is 0 Å². The molecule has 1 aromatic carbocycles. The second-order valence-electron chi connectivity index (χ2n) is 3.20. The van der Waals surface area contributed by atoms with Crippen LogP contribution in [0.1, 0.15) is 0 Å². The van der Waals surface area contributed by atoms with Gasteiger partial charge in [-0.15, -0.1) is 0 Å². The highest BCUT2D eigenvalue weighted by atomic mass is 35.5. The maximum absolute atomic E-state index is 11.8. The summed E-state index contributed by atoms with van der Waals surface area (Å²) in [5.41, 5.74) is 0. The molecule has 0 bridgehead atoms. The molecule has 4 nitrogen and oxygen atoms in total. The minimum absolute atomic E-state index is 0.105. The van der Waals surface area contributed by atoms with Crippen molar-refractivity contribution in [1.29, 1.82) is 0 Å². The van der Waals surface area contributed by atoms with Gasteiger partial charge in [0.05, 0.1) is 16.6 Å². The highest BCUT2D eigenvalue weighted by molar-refractivity contribution is 8.01. The topological polar surface area (TPSA) is 74.3 Å². The molecule has 1 rings (SSSR count). The molecule has 0 aliphatic rings. The van der Waals surface area contributed by atoms with Crippen LogP contribution in [-0.4, -0.2) is 31.6 Å². The highest BCUT2D eigenvalue weighted by Gasteiger charge is 2.13. The Kier molecular flexibility index (Phi) is 5.30. The number of hydrogen-bond acceptors (Lipinski definition) is 5. The summed E-state index contributed by atoms with van der Waals surface area (Å²) in [6.45, 7) is 0. The Morgan fingerprint density at radius 1 is 1.29 bits per heavy atom. The van der Waals surface area contributed by atoms with Crippen molar-refractivity contribution in [2.75, 3.05) is 17.3 Å². The summed E-state index contributed by atoms with van der Waals surface area (Å²) in [5.74, 6) is -1.28. The van der Waals surface area contributed by atoms with E-state index in [4.69, 9.17) is 11.6 Å². The highest BCUT2D eigenvalue weighted by Crippen LogP contribution is 2.16. The lowest BCUT2D eigenvalue weighted by molar-refractivity contribution is -0.301.